The van der Waals surface area contributed by atoms with E-state index in [1.54, 1.807) is 6.20 Å². The number of aromatic nitrogens is 1. The molecule has 1 aromatic heterocycles. The zero-order chi connectivity index (χ0) is 15.4. The summed E-state index contributed by atoms with van der Waals surface area (Å²) < 4.78 is 0. The third kappa shape index (κ3) is 3.19. The second-order valence-corrected chi connectivity index (χ2v) is 6.10. The monoisotopic (exact) mass is 294 g/mol. The summed E-state index contributed by atoms with van der Waals surface area (Å²) in [7, 11) is 0. The van der Waals surface area contributed by atoms with Gasteiger partial charge in [0, 0.05) is 18.0 Å². The fourth-order valence-electron chi connectivity index (χ4n) is 3.37. The van der Waals surface area contributed by atoms with Crippen molar-refractivity contribution in [3.63, 3.8) is 0 Å². The Hall–Kier alpha value is -2.16. The van der Waals surface area contributed by atoms with Crippen LogP contribution in [0.4, 0.5) is 0 Å². The largest absolute Gasteiger partial charge is 0.345 e. The van der Waals surface area contributed by atoms with Crippen LogP contribution in [0.15, 0.2) is 48.8 Å². The molecular weight excluding hydrogens is 272 g/mol. The molecule has 0 spiro atoms. The van der Waals surface area contributed by atoms with Crippen LogP contribution in [0.1, 0.15) is 53.2 Å². The SMILES string of the molecule is Cc1ccccc1C(=O)NC(c1cccnc1)C1CCCC1. The molecule has 1 heterocycles. The van der Waals surface area contributed by atoms with E-state index in [1.165, 1.54) is 25.7 Å². The summed E-state index contributed by atoms with van der Waals surface area (Å²) in [5.41, 5.74) is 2.88. The first kappa shape index (κ1) is 14.8. The van der Waals surface area contributed by atoms with Crippen LogP contribution in [0.25, 0.3) is 0 Å². The maximum absolute atomic E-state index is 12.7. The van der Waals surface area contributed by atoms with Gasteiger partial charge >= 0.3 is 0 Å². The number of benzene rings is 1. The minimum atomic E-state index is 0.0128. The maximum Gasteiger partial charge on any atom is 0.252 e. The number of carbonyl (C=O) groups excluding carboxylic acids is 1. The Kier molecular flexibility index (Phi) is 4.52. The Balaban J connectivity index is 1.84. The van der Waals surface area contributed by atoms with Crippen molar-refractivity contribution in [1.82, 2.24) is 10.3 Å². The summed E-state index contributed by atoms with van der Waals surface area (Å²) in [6.45, 7) is 1.98. The predicted molar refractivity (Wildman–Crippen MR) is 87.6 cm³/mol. The van der Waals surface area contributed by atoms with Gasteiger partial charge in [0.2, 0.25) is 0 Å². The predicted octanol–water partition coefficient (Wildman–Crippen LogP) is 4.05. The highest BCUT2D eigenvalue weighted by molar-refractivity contribution is 5.95. The number of aryl methyl sites for hydroxylation is 1. The summed E-state index contributed by atoms with van der Waals surface area (Å²) in [4.78, 5) is 16.9. The minimum absolute atomic E-state index is 0.0128. The van der Waals surface area contributed by atoms with Gasteiger partial charge in [-0.2, -0.15) is 0 Å². The lowest BCUT2D eigenvalue weighted by Crippen LogP contribution is -2.33. The zero-order valence-corrected chi connectivity index (χ0v) is 13.0. The molecule has 0 saturated heterocycles. The van der Waals surface area contributed by atoms with Crippen LogP contribution in [0, 0.1) is 12.8 Å². The van der Waals surface area contributed by atoms with E-state index in [9.17, 15) is 4.79 Å². The molecule has 3 nitrogen and oxygen atoms in total. The normalized spacial score (nSPS) is 16.4. The number of amides is 1. The molecule has 114 valence electrons. The van der Waals surface area contributed by atoms with E-state index in [1.807, 2.05) is 43.5 Å². The van der Waals surface area contributed by atoms with Crippen molar-refractivity contribution >= 4 is 5.91 Å². The van der Waals surface area contributed by atoms with Crippen LogP contribution >= 0.6 is 0 Å². The van der Waals surface area contributed by atoms with E-state index in [4.69, 9.17) is 0 Å². The van der Waals surface area contributed by atoms with Crippen LogP contribution < -0.4 is 5.32 Å². The van der Waals surface area contributed by atoms with E-state index >= 15 is 0 Å². The Labute approximate surface area is 131 Å². The standard InChI is InChI=1S/C19H22N2O/c1-14-7-2-5-11-17(14)19(22)21-18(15-8-3-4-9-15)16-10-6-12-20-13-16/h2,5-7,10-13,15,18H,3-4,8-9H2,1H3,(H,21,22). The molecule has 1 fully saturated rings. The summed E-state index contributed by atoms with van der Waals surface area (Å²) in [5.74, 6) is 0.524. The van der Waals surface area contributed by atoms with E-state index in [0.29, 0.717) is 5.92 Å². The first-order valence-corrected chi connectivity index (χ1v) is 8.02. The average Bonchev–Trinajstić information content (AvgIpc) is 3.08. The summed E-state index contributed by atoms with van der Waals surface area (Å²) in [5, 5.41) is 3.25. The summed E-state index contributed by atoms with van der Waals surface area (Å²) >= 11 is 0. The van der Waals surface area contributed by atoms with Gasteiger partial charge in [0.1, 0.15) is 0 Å². The Bertz CT molecular complexity index is 633. The van der Waals surface area contributed by atoms with E-state index in [0.717, 1.165) is 16.7 Å². The summed E-state index contributed by atoms with van der Waals surface area (Å²) in [6.07, 6.45) is 8.50. The van der Waals surface area contributed by atoms with Gasteiger partial charge in [-0.05, 0) is 48.9 Å². The molecule has 22 heavy (non-hydrogen) atoms. The molecule has 0 bridgehead atoms. The molecule has 2 aromatic rings. The van der Waals surface area contributed by atoms with Crippen molar-refractivity contribution in [3.8, 4) is 0 Å². The van der Waals surface area contributed by atoms with Crippen molar-refractivity contribution in [2.75, 3.05) is 0 Å². The van der Waals surface area contributed by atoms with Gasteiger partial charge in [-0.25, -0.2) is 0 Å². The highest BCUT2D eigenvalue weighted by Crippen LogP contribution is 2.35. The van der Waals surface area contributed by atoms with E-state index < -0.39 is 0 Å². The second-order valence-electron chi connectivity index (χ2n) is 6.10. The lowest BCUT2D eigenvalue weighted by atomic mass is 9.92. The number of rotatable bonds is 4. The first-order valence-electron chi connectivity index (χ1n) is 8.02. The molecule has 1 N–H and O–H groups in total. The molecule has 1 aliphatic rings. The third-order valence-electron chi connectivity index (χ3n) is 4.59. The van der Waals surface area contributed by atoms with Gasteiger partial charge in [-0.15, -0.1) is 0 Å². The fraction of sp³-hybridized carbons (Fsp3) is 0.368. The van der Waals surface area contributed by atoms with Gasteiger partial charge in [-0.1, -0.05) is 37.1 Å². The molecular formula is C19H22N2O. The van der Waals surface area contributed by atoms with Crippen molar-refractivity contribution < 1.29 is 4.79 Å². The van der Waals surface area contributed by atoms with Gasteiger partial charge < -0.3 is 5.32 Å². The number of carbonyl (C=O) groups is 1. The second kappa shape index (κ2) is 6.73. The van der Waals surface area contributed by atoms with E-state index in [-0.39, 0.29) is 11.9 Å². The fourth-order valence-corrected chi connectivity index (χ4v) is 3.37. The number of nitrogens with one attached hydrogen (secondary N) is 1. The zero-order valence-electron chi connectivity index (χ0n) is 13.0. The average molecular weight is 294 g/mol. The van der Waals surface area contributed by atoms with Crippen molar-refractivity contribution in [2.45, 2.75) is 38.6 Å². The topological polar surface area (TPSA) is 42.0 Å². The lowest BCUT2D eigenvalue weighted by molar-refractivity contribution is 0.0921. The number of hydrogen-bond acceptors (Lipinski definition) is 2. The van der Waals surface area contributed by atoms with Gasteiger partial charge in [-0.3, -0.25) is 9.78 Å². The minimum Gasteiger partial charge on any atom is -0.345 e. The van der Waals surface area contributed by atoms with Crippen LogP contribution in [0.3, 0.4) is 0 Å². The highest BCUT2D eigenvalue weighted by atomic mass is 16.1. The number of nitrogens with zero attached hydrogens (tertiary/aromatic N) is 1. The molecule has 1 unspecified atom stereocenters. The smallest absolute Gasteiger partial charge is 0.252 e. The van der Waals surface area contributed by atoms with Gasteiger partial charge in [0.05, 0.1) is 6.04 Å². The Morgan fingerprint density at radius 3 is 2.64 bits per heavy atom. The molecule has 3 rings (SSSR count). The number of pyridine rings is 1. The summed E-state index contributed by atoms with van der Waals surface area (Å²) in [6, 6.07) is 11.8. The molecule has 1 amide bonds. The van der Waals surface area contributed by atoms with Crippen LogP contribution in [0.5, 0.6) is 0 Å². The molecule has 1 atom stereocenters. The molecule has 0 radical (unpaired) electrons. The maximum atomic E-state index is 12.7. The van der Waals surface area contributed by atoms with Gasteiger partial charge in [0.25, 0.3) is 5.91 Å². The Morgan fingerprint density at radius 2 is 1.95 bits per heavy atom. The van der Waals surface area contributed by atoms with Crippen LogP contribution in [-0.4, -0.2) is 10.9 Å². The van der Waals surface area contributed by atoms with Crippen LogP contribution in [-0.2, 0) is 0 Å². The van der Waals surface area contributed by atoms with Crippen molar-refractivity contribution in [1.29, 1.82) is 0 Å². The van der Waals surface area contributed by atoms with E-state index in [2.05, 4.69) is 16.4 Å². The number of hydrogen-bond donors (Lipinski definition) is 1. The molecule has 0 aliphatic heterocycles. The Morgan fingerprint density at radius 1 is 1.18 bits per heavy atom. The third-order valence-corrected chi connectivity index (χ3v) is 4.59. The van der Waals surface area contributed by atoms with Crippen molar-refractivity contribution in [3.05, 3.63) is 65.5 Å². The lowest BCUT2D eigenvalue weighted by Gasteiger charge is -2.25. The van der Waals surface area contributed by atoms with Crippen LogP contribution in [0.2, 0.25) is 0 Å². The van der Waals surface area contributed by atoms with Gasteiger partial charge in [0.15, 0.2) is 0 Å². The molecule has 1 aliphatic carbocycles. The molecule has 1 aromatic carbocycles. The quantitative estimate of drug-likeness (QED) is 0.924. The first-order chi connectivity index (χ1) is 10.8. The van der Waals surface area contributed by atoms with Crippen molar-refractivity contribution in [2.24, 2.45) is 5.92 Å². The highest BCUT2D eigenvalue weighted by Gasteiger charge is 2.28. The molecule has 3 heteroatoms. The molecule has 1 saturated carbocycles.